The van der Waals surface area contributed by atoms with E-state index in [9.17, 15) is 13.6 Å². The van der Waals surface area contributed by atoms with Crippen molar-refractivity contribution in [2.24, 2.45) is 0 Å². The molecule has 0 spiro atoms. The molecule has 3 aromatic carbocycles. The normalized spacial score (nSPS) is 12.1. The Bertz CT molecular complexity index is 1320. The molecule has 0 saturated carbocycles. The van der Waals surface area contributed by atoms with Crippen LogP contribution in [0.1, 0.15) is 61.0 Å². The fraction of sp³-hybridized carbons (Fsp3) is 0.226. The molecule has 0 fully saturated rings. The first-order chi connectivity index (χ1) is 17.7. The highest BCUT2D eigenvalue weighted by Crippen LogP contribution is 2.30. The van der Waals surface area contributed by atoms with E-state index in [0.717, 1.165) is 11.1 Å². The van der Waals surface area contributed by atoms with E-state index in [1.54, 1.807) is 60.7 Å². The van der Waals surface area contributed by atoms with Gasteiger partial charge in [-0.25, -0.2) is 8.78 Å². The van der Waals surface area contributed by atoms with Crippen molar-refractivity contribution < 1.29 is 13.6 Å². The fourth-order valence-electron chi connectivity index (χ4n) is 4.00. The first kappa shape index (κ1) is 27.4. The molecule has 0 bridgehead atoms. The molecule has 0 aromatic heterocycles. The topological polar surface area (TPSA) is 67.2 Å². The van der Waals surface area contributed by atoms with Crippen molar-refractivity contribution in [1.82, 2.24) is 5.32 Å². The summed E-state index contributed by atoms with van der Waals surface area (Å²) in [6.07, 6.45) is 2.10. The number of alkyl halides is 1. The van der Waals surface area contributed by atoms with Gasteiger partial charge in [-0.3, -0.25) is 4.79 Å². The molecular formula is C31H33F2N3O. The predicted octanol–water partition coefficient (Wildman–Crippen LogP) is 7.90. The lowest BCUT2D eigenvalue weighted by Gasteiger charge is -2.20. The molecule has 192 valence electrons. The number of halogens is 2. The molecule has 4 N–H and O–H groups in total. The minimum atomic E-state index is -0.968. The lowest BCUT2D eigenvalue weighted by atomic mass is 9.88. The third-order valence-corrected chi connectivity index (χ3v) is 6.10. The van der Waals surface area contributed by atoms with Gasteiger partial charge in [0.15, 0.2) is 0 Å². The van der Waals surface area contributed by atoms with E-state index in [-0.39, 0.29) is 17.6 Å². The summed E-state index contributed by atoms with van der Waals surface area (Å²) in [5, 5.41) is 5.79. The second-order valence-corrected chi connectivity index (χ2v) is 9.08. The van der Waals surface area contributed by atoms with Crippen molar-refractivity contribution in [2.45, 2.75) is 45.7 Å². The van der Waals surface area contributed by atoms with Crippen LogP contribution in [0, 0.1) is 5.82 Å². The van der Waals surface area contributed by atoms with Gasteiger partial charge >= 0.3 is 0 Å². The van der Waals surface area contributed by atoms with Crippen LogP contribution >= 0.6 is 0 Å². The van der Waals surface area contributed by atoms with Crippen LogP contribution in [0.25, 0.3) is 5.70 Å². The van der Waals surface area contributed by atoms with Crippen LogP contribution in [0.5, 0.6) is 0 Å². The van der Waals surface area contributed by atoms with Gasteiger partial charge in [0.2, 0.25) is 0 Å². The molecule has 0 aliphatic heterocycles. The molecule has 6 heteroatoms. The smallest absolute Gasteiger partial charge is 0.256 e. The molecular weight excluding hydrogens is 468 g/mol. The highest BCUT2D eigenvalue weighted by atomic mass is 19.1. The van der Waals surface area contributed by atoms with E-state index in [2.05, 4.69) is 22.9 Å². The predicted molar refractivity (Wildman–Crippen MR) is 149 cm³/mol. The van der Waals surface area contributed by atoms with Crippen LogP contribution in [-0.4, -0.2) is 12.1 Å². The van der Waals surface area contributed by atoms with E-state index in [0.29, 0.717) is 46.7 Å². The Hall–Kier alpha value is -4.15. The van der Waals surface area contributed by atoms with Gasteiger partial charge < -0.3 is 16.4 Å². The van der Waals surface area contributed by atoms with Gasteiger partial charge in [0.1, 0.15) is 12.0 Å². The van der Waals surface area contributed by atoms with Gasteiger partial charge in [0, 0.05) is 28.4 Å². The minimum absolute atomic E-state index is 0.267. The third kappa shape index (κ3) is 7.18. The maximum absolute atomic E-state index is 14.6. The Morgan fingerprint density at radius 1 is 1.11 bits per heavy atom. The fourth-order valence-corrected chi connectivity index (χ4v) is 4.00. The molecule has 2 atom stereocenters. The molecule has 0 unspecified atom stereocenters. The number of nitrogens with one attached hydrogen (secondary N) is 2. The summed E-state index contributed by atoms with van der Waals surface area (Å²) in [5.41, 5.74) is 13.5. The zero-order valence-corrected chi connectivity index (χ0v) is 21.4. The number of carbonyl (C=O) groups is 1. The highest BCUT2D eigenvalue weighted by molar-refractivity contribution is 6.00. The standard InChI is InChI=1S/C31H33F2N3O/c1-5-26(32)24(17-11-20(3)4)21-12-14-22(15-13-21)31(37)36-29(6-2)25-18-16-23(19-28(25)34)35-30-10-8-7-9-27(30)33/h7-16,18-19,24,26,35H,2,5,17,34H2,1,3-4H3,(H,36,37)/t24-,26-/m0/s1. The van der Waals surface area contributed by atoms with Crippen LogP contribution in [0.4, 0.5) is 25.8 Å². The van der Waals surface area contributed by atoms with Gasteiger partial charge in [-0.15, -0.1) is 5.73 Å². The van der Waals surface area contributed by atoms with E-state index >= 15 is 0 Å². The molecule has 0 aliphatic carbocycles. The van der Waals surface area contributed by atoms with Crippen LogP contribution in [0.15, 0.2) is 90.7 Å². The summed E-state index contributed by atoms with van der Waals surface area (Å²) in [6, 6.07) is 18.4. The molecule has 37 heavy (non-hydrogen) atoms. The average Bonchev–Trinajstić information content (AvgIpc) is 2.89. The quantitative estimate of drug-likeness (QED) is 0.150. The molecule has 1 amide bonds. The SMILES string of the molecule is C=C=C(NC(=O)c1ccc([C@H](CC=C(C)C)[C@@H](F)CC)cc1)c1ccc(Nc2ccccc2F)cc1N. The van der Waals surface area contributed by atoms with Gasteiger partial charge in [-0.05, 0) is 74.7 Å². The van der Waals surface area contributed by atoms with Crippen molar-refractivity contribution in [3.8, 4) is 0 Å². The molecule has 3 rings (SSSR count). The maximum Gasteiger partial charge on any atom is 0.256 e. The number of rotatable bonds is 10. The maximum atomic E-state index is 14.6. The summed E-state index contributed by atoms with van der Waals surface area (Å²) in [6.45, 7) is 9.50. The van der Waals surface area contributed by atoms with Gasteiger partial charge in [-0.1, -0.05) is 49.4 Å². The zero-order chi connectivity index (χ0) is 26.9. The summed E-state index contributed by atoms with van der Waals surface area (Å²) in [7, 11) is 0. The van der Waals surface area contributed by atoms with Gasteiger partial charge in [0.05, 0.1) is 11.4 Å². The molecule has 3 aromatic rings. The van der Waals surface area contributed by atoms with Gasteiger partial charge in [-0.2, -0.15) is 0 Å². The highest BCUT2D eigenvalue weighted by Gasteiger charge is 2.21. The number of allylic oxidation sites excluding steroid dienone is 2. The summed E-state index contributed by atoms with van der Waals surface area (Å²) in [4.78, 5) is 13.0. The number of hydrogen-bond donors (Lipinski definition) is 3. The number of nitrogens with two attached hydrogens (primary N) is 1. The molecule has 4 nitrogen and oxygen atoms in total. The number of para-hydroxylation sites is 1. The third-order valence-electron chi connectivity index (χ3n) is 6.10. The largest absolute Gasteiger partial charge is 0.398 e. The number of carbonyl (C=O) groups excluding carboxylic acids is 1. The number of hydrogen-bond acceptors (Lipinski definition) is 3. The monoisotopic (exact) mass is 501 g/mol. The Morgan fingerprint density at radius 3 is 2.41 bits per heavy atom. The Morgan fingerprint density at radius 2 is 1.81 bits per heavy atom. The van der Waals surface area contributed by atoms with E-state index in [1.807, 2.05) is 26.8 Å². The Kier molecular flexibility index (Phi) is 9.42. The van der Waals surface area contributed by atoms with Crippen molar-refractivity contribution in [2.75, 3.05) is 11.1 Å². The molecule has 0 heterocycles. The lowest BCUT2D eigenvalue weighted by Crippen LogP contribution is -2.22. The van der Waals surface area contributed by atoms with E-state index in [1.165, 1.54) is 6.07 Å². The van der Waals surface area contributed by atoms with Crippen LogP contribution in [-0.2, 0) is 0 Å². The first-order valence-corrected chi connectivity index (χ1v) is 12.2. The number of nitrogen functional groups attached to an aromatic ring is 1. The minimum Gasteiger partial charge on any atom is -0.398 e. The summed E-state index contributed by atoms with van der Waals surface area (Å²) >= 11 is 0. The molecule has 0 radical (unpaired) electrons. The Labute approximate surface area is 217 Å². The molecule has 0 saturated heterocycles. The van der Waals surface area contributed by atoms with Crippen molar-refractivity contribution >= 4 is 28.7 Å². The van der Waals surface area contributed by atoms with E-state index in [4.69, 9.17) is 5.73 Å². The van der Waals surface area contributed by atoms with Crippen LogP contribution in [0.2, 0.25) is 0 Å². The van der Waals surface area contributed by atoms with Crippen LogP contribution < -0.4 is 16.4 Å². The van der Waals surface area contributed by atoms with Crippen molar-refractivity contribution in [3.05, 3.63) is 113 Å². The zero-order valence-electron chi connectivity index (χ0n) is 21.4. The summed E-state index contributed by atoms with van der Waals surface area (Å²) < 4.78 is 28.6. The number of benzene rings is 3. The Balaban J connectivity index is 1.74. The number of anilines is 3. The van der Waals surface area contributed by atoms with E-state index < -0.39 is 6.17 Å². The average molecular weight is 502 g/mol. The second-order valence-electron chi connectivity index (χ2n) is 9.08. The van der Waals surface area contributed by atoms with Crippen molar-refractivity contribution in [1.29, 1.82) is 0 Å². The molecule has 0 aliphatic rings. The second kappa shape index (κ2) is 12.7. The first-order valence-electron chi connectivity index (χ1n) is 12.2. The van der Waals surface area contributed by atoms with Crippen LogP contribution in [0.3, 0.4) is 0 Å². The summed E-state index contributed by atoms with van der Waals surface area (Å²) in [5.74, 6) is -1.01. The lowest BCUT2D eigenvalue weighted by molar-refractivity contribution is 0.0974. The number of amides is 1. The van der Waals surface area contributed by atoms with Gasteiger partial charge in [0.25, 0.3) is 5.91 Å². The van der Waals surface area contributed by atoms with Crippen molar-refractivity contribution in [3.63, 3.8) is 0 Å².